The second-order valence-electron chi connectivity index (χ2n) is 3.97. The Morgan fingerprint density at radius 2 is 1.92 bits per heavy atom. The topological polar surface area (TPSA) is 46.5 Å². The van der Waals surface area contributed by atoms with Crippen molar-refractivity contribution in [3.63, 3.8) is 0 Å². The number of methoxy groups -OCH3 is 1. The molecule has 0 saturated heterocycles. The van der Waals surface area contributed by atoms with Gasteiger partial charge in [-0.05, 0) is 18.8 Å². The summed E-state index contributed by atoms with van der Waals surface area (Å²) in [5.74, 6) is -0.146. The van der Waals surface area contributed by atoms with E-state index in [2.05, 4.69) is 0 Å². The lowest BCUT2D eigenvalue weighted by Crippen LogP contribution is -2.24. The molecule has 4 heteroatoms. The van der Waals surface area contributed by atoms with Crippen LogP contribution in [0.4, 0.5) is 0 Å². The molecule has 0 bridgehead atoms. The van der Waals surface area contributed by atoms with Crippen molar-refractivity contribution in [1.29, 1.82) is 0 Å². The average molecular weight is 206 g/mol. The predicted octanol–water partition coefficient (Wildman–Crippen LogP) is 2.44. The summed E-state index contributed by atoms with van der Waals surface area (Å²) >= 11 is 0. The van der Waals surface area contributed by atoms with Gasteiger partial charge in [0.05, 0.1) is 0 Å². The first-order chi connectivity index (χ1) is 6.05. The van der Waals surface area contributed by atoms with Crippen molar-refractivity contribution in [3.05, 3.63) is 0 Å². The fourth-order valence-electron chi connectivity index (χ4n) is 2.20. The van der Waals surface area contributed by atoms with E-state index in [4.69, 9.17) is 4.74 Å². The fourth-order valence-corrected chi connectivity index (χ4v) is 3.67. The Kier molecular flexibility index (Phi) is 3.96. The highest BCUT2D eigenvalue weighted by atomic mass is 31.2. The zero-order valence-electron chi connectivity index (χ0n) is 8.40. The van der Waals surface area contributed by atoms with Crippen LogP contribution in [-0.2, 0) is 9.30 Å². The molecule has 78 valence electrons. The summed E-state index contributed by atoms with van der Waals surface area (Å²) in [6, 6.07) is 0. The van der Waals surface area contributed by atoms with Crippen molar-refractivity contribution >= 4 is 7.37 Å². The minimum atomic E-state index is -3.07. The maximum absolute atomic E-state index is 11.5. The molecule has 0 aliphatic heterocycles. The van der Waals surface area contributed by atoms with Gasteiger partial charge in [0, 0.05) is 13.8 Å². The molecule has 0 aromatic carbocycles. The molecular weight excluding hydrogens is 187 g/mol. The molecule has 1 fully saturated rings. The second-order valence-corrected chi connectivity index (χ2v) is 6.36. The van der Waals surface area contributed by atoms with Crippen LogP contribution < -0.4 is 0 Å². The summed E-state index contributed by atoms with van der Waals surface area (Å²) in [5, 5.41) is 0. The average Bonchev–Trinajstić information content (AvgIpc) is 2.05. The summed E-state index contributed by atoms with van der Waals surface area (Å²) in [6.07, 6.45) is 5.68. The van der Waals surface area contributed by atoms with Crippen LogP contribution in [-0.4, -0.2) is 24.5 Å². The lowest BCUT2D eigenvalue weighted by atomic mass is 9.90. The van der Waals surface area contributed by atoms with E-state index in [9.17, 15) is 9.46 Å². The maximum atomic E-state index is 11.5. The third-order valence-corrected chi connectivity index (χ3v) is 4.34. The molecule has 0 heterocycles. The SMILES string of the molecule is COC(C1CCCCC1)P(C)(=O)O. The van der Waals surface area contributed by atoms with E-state index < -0.39 is 13.2 Å². The van der Waals surface area contributed by atoms with Crippen molar-refractivity contribution in [2.45, 2.75) is 37.9 Å². The molecule has 0 amide bonds. The first-order valence-electron chi connectivity index (χ1n) is 4.88. The molecule has 1 saturated carbocycles. The largest absolute Gasteiger partial charge is 0.371 e. The van der Waals surface area contributed by atoms with Gasteiger partial charge in [0.25, 0.3) is 0 Å². The fraction of sp³-hybridized carbons (Fsp3) is 1.00. The van der Waals surface area contributed by atoms with Crippen molar-refractivity contribution in [3.8, 4) is 0 Å². The molecule has 3 nitrogen and oxygen atoms in total. The highest BCUT2D eigenvalue weighted by molar-refractivity contribution is 7.57. The summed E-state index contributed by atoms with van der Waals surface area (Å²) in [6.45, 7) is 1.40. The van der Waals surface area contributed by atoms with E-state index in [0.717, 1.165) is 12.8 Å². The van der Waals surface area contributed by atoms with Gasteiger partial charge in [0.1, 0.15) is 5.85 Å². The quantitative estimate of drug-likeness (QED) is 0.721. The van der Waals surface area contributed by atoms with E-state index in [-0.39, 0.29) is 0 Å². The van der Waals surface area contributed by atoms with E-state index in [1.807, 2.05) is 0 Å². The van der Waals surface area contributed by atoms with Gasteiger partial charge in [-0.15, -0.1) is 0 Å². The van der Waals surface area contributed by atoms with E-state index >= 15 is 0 Å². The Balaban J connectivity index is 2.59. The lowest BCUT2D eigenvalue weighted by Gasteiger charge is -2.30. The van der Waals surface area contributed by atoms with Crippen LogP contribution in [0, 0.1) is 5.92 Å². The van der Waals surface area contributed by atoms with Gasteiger partial charge in [0.15, 0.2) is 0 Å². The molecule has 1 N–H and O–H groups in total. The molecular formula is C9H19O3P. The van der Waals surface area contributed by atoms with Gasteiger partial charge in [0.2, 0.25) is 7.37 Å². The van der Waals surface area contributed by atoms with Crippen molar-refractivity contribution in [1.82, 2.24) is 0 Å². The van der Waals surface area contributed by atoms with Crippen LogP contribution in [0.2, 0.25) is 0 Å². The first kappa shape index (κ1) is 11.2. The van der Waals surface area contributed by atoms with Crippen LogP contribution in [0.25, 0.3) is 0 Å². The van der Waals surface area contributed by atoms with Crippen LogP contribution in [0.5, 0.6) is 0 Å². The van der Waals surface area contributed by atoms with Gasteiger partial charge in [-0.1, -0.05) is 19.3 Å². The normalized spacial score (nSPS) is 26.7. The zero-order chi connectivity index (χ0) is 9.90. The number of rotatable bonds is 3. The van der Waals surface area contributed by atoms with E-state index in [0.29, 0.717) is 5.92 Å². The van der Waals surface area contributed by atoms with E-state index in [1.165, 1.54) is 33.0 Å². The minimum Gasteiger partial charge on any atom is -0.371 e. The lowest BCUT2D eigenvalue weighted by molar-refractivity contribution is 0.0858. The molecule has 0 spiro atoms. The summed E-state index contributed by atoms with van der Waals surface area (Å²) in [4.78, 5) is 9.46. The van der Waals surface area contributed by atoms with E-state index in [1.54, 1.807) is 0 Å². The Labute approximate surface area is 79.9 Å². The van der Waals surface area contributed by atoms with Crippen molar-refractivity contribution in [2.24, 2.45) is 5.92 Å². The number of ether oxygens (including phenoxy) is 1. The van der Waals surface area contributed by atoms with Crippen molar-refractivity contribution < 1.29 is 14.2 Å². The summed E-state index contributed by atoms with van der Waals surface area (Å²) in [7, 11) is -1.53. The Bertz CT molecular complexity index is 193. The molecule has 13 heavy (non-hydrogen) atoms. The molecule has 1 aliphatic rings. The second kappa shape index (κ2) is 4.59. The standard InChI is InChI=1S/C9H19O3P/c1-12-9(13(2,10)11)8-6-4-3-5-7-8/h8-9H,3-7H2,1-2H3,(H,10,11). The van der Waals surface area contributed by atoms with Gasteiger partial charge in [-0.25, -0.2) is 0 Å². The Morgan fingerprint density at radius 1 is 1.38 bits per heavy atom. The predicted molar refractivity (Wildman–Crippen MR) is 53.1 cm³/mol. The molecule has 1 aliphatic carbocycles. The van der Waals surface area contributed by atoms with Crippen LogP contribution in [0.1, 0.15) is 32.1 Å². The monoisotopic (exact) mass is 206 g/mol. The zero-order valence-corrected chi connectivity index (χ0v) is 9.30. The molecule has 0 aromatic heterocycles. The van der Waals surface area contributed by atoms with Gasteiger partial charge in [-0.2, -0.15) is 0 Å². The van der Waals surface area contributed by atoms with Gasteiger partial charge >= 0.3 is 0 Å². The maximum Gasteiger partial charge on any atom is 0.225 e. The highest BCUT2D eigenvalue weighted by Crippen LogP contribution is 2.49. The number of hydrogen-bond acceptors (Lipinski definition) is 2. The molecule has 2 unspecified atom stereocenters. The minimum absolute atomic E-state index is 0.291. The first-order valence-corrected chi connectivity index (χ1v) is 7.06. The van der Waals surface area contributed by atoms with Crippen LogP contribution in [0.3, 0.4) is 0 Å². The van der Waals surface area contributed by atoms with Crippen LogP contribution in [0.15, 0.2) is 0 Å². The third-order valence-electron chi connectivity index (χ3n) is 2.77. The van der Waals surface area contributed by atoms with Gasteiger partial charge in [-0.3, -0.25) is 4.57 Å². The van der Waals surface area contributed by atoms with Crippen molar-refractivity contribution in [2.75, 3.05) is 13.8 Å². The summed E-state index contributed by atoms with van der Waals surface area (Å²) < 4.78 is 16.6. The Hall–Kier alpha value is 0.150. The van der Waals surface area contributed by atoms with Crippen LogP contribution >= 0.6 is 7.37 Å². The molecule has 0 radical (unpaired) electrons. The summed E-state index contributed by atoms with van der Waals surface area (Å²) in [5.41, 5.74) is 0. The molecule has 0 aromatic rings. The smallest absolute Gasteiger partial charge is 0.225 e. The highest BCUT2D eigenvalue weighted by Gasteiger charge is 2.34. The third kappa shape index (κ3) is 3.08. The van der Waals surface area contributed by atoms with Gasteiger partial charge < -0.3 is 9.63 Å². The Morgan fingerprint density at radius 3 is 2.31 bits per heavy atom. The molecule has 1 rings (SSSR count). The number of hydrogen-bond donors (Lipinski definition) is 1. The molecule has 2 atom stereocenters.